The van der Waals surface area contributed by atoms with Gasteiger partial charge in [-0.05, 0) is 11.8 Å². The Balaban J connectivity index is 3.08. The molecule has 0 aromatic rings. The summed E-state index contributed by atoms with van der Waals surface area (Å²) in [6.45, 7) is 2.05. The molecule has 0 radical (unpaired) electrons. The summed E-state index contributed by atoms with van der Waals surface area (Å²) in [5, 5.41) is 0.672. The van der Waals surface area contributed by atoms with Crippen molar-refractivity contribution >= 4 is 29.1 Å². The molecule has 0 bridgehead atoms. The summed E-state index contributed by atoms with van der Waals surface area (Å²) in [6.07, 6.45) is 3.67. The first-order chi connectivity index (χ1) is 7.11. The molecular weight excluding hydrogens is 230 g/mol. The van der Waals surface area contributed by atoms with Crippen LogP contribution in [-0.2, 0) is 0 Å². The van der Waals surface area contributed by atoms with Crippen LogP contribution in [0.3, 0.4) is 0 Å². The SMILES string of the molecule is CCSC1C(=[N+]=[N-])C=CC(N(C)C)=C1Cl. The molecule has 0 saturated carbocycles. The van der Waals surface area contributed by atoms with E-state index in [0.717, 1.165) is 16.5 Å². The van der Waals surface area contributed by atoms with Crippen LogP contribution < -0.4 is 0 Å². The molecule has 1 atom stereocenters. The van der Waals surface area contributed by atoms with Crippen molar-refractivity contribution in [2.45, 2.75) is 12.2 Å². The molecule has 0 spiro atoms. The van der Waals surface area contributed by atoms with Crippen LogP contribution in [0.25, 0.3) is 5.53 Å². The van der Waals surface area contributed by atoms with E-state index in [1.54, 1.807) is 17.8 Å². The first-order valence-corrected chi connectivity index (χ1v) is 6.13. The molecule has 15 heavy (non-hydrogen) atoms. The van der Waals surface area contributed by atoms with Gasteiger partial charge in [0.15, 0.2) is 0 Å². The summed E-state index contributed by atoms with van der Waals surface area (Å²) in [4.78, 5) is 5.22. The third kappa shape index (κ3) is 2.65. The molecule has 0 aromatic heterocycles. The molecule has 0 heterocycles. The highest BCUT2D eigenvalue weighted by Gasteiger charge is 2.30. The van der Waals surface area contributed by atoms with E-state index < -0.39 is 0 Å². The summed E-state index contributed by atoms with van der Waals surface area (Å²) >= 11 is 7.93. The number of nitrogens with zero attached hydrogens (tertiary/aromatic N) is 3. The number of hydrogen-bond donors (Lipinski definition) is 0. The molecule has 82 valence electrons. The highest BCUT2D eigenvalue weighted by Crippen LogP contribution is 2.30. The van der Waals surface area contributed by atoms with Crippen LogP contribution in [0.1, 0.15) is 6.92 Å². The standard InChI is InChI=1S/C10H14ClN3S/c1-4-15-10-7(13-12)5-6-8(9(10)11)14(2)3/h5-6,10H,4H2,1-3H3. The van der Waals surface area contributed by atoms with Gasteiger partial charge in [-0.3, -0.25) is 0 Å². The van der Waals surface area contributed by atoms with Crippen molar-refractivity contribution in [3.05, 3.63) is 28.4 Å². The van der Waals surface area contributed by atoms with Gasteiger partial charge < -0.3 is 10.4 Å². The monoisotopic (exact) mass is 243 g/mol. The summed E-state index contributed by atoms with van der Waals surface area (Å²) in [5.41, 5.74) is 10.4. The van der Waals surface area contributed by atoms with Gasteiger partial charge in [0.05, 0.1) is 10.7 Å². The zero-order valence-corrected chi connectivity index (χ0v) is 10.6. The van der Waals surface area contributed by atoms with E-state index in [0.29, 0.717) is 5.71 Å². The van der Waals surface area contributed by atoms with Crippen LogP contribution in [0.2, 0.25) is 0 Å². The molecular formula is C10H14ClN3S. The maximum atomic E-state index is 8.86. The molecule has 3 nitrogen and oxygen atoms in total. The molecule has 0 N–H and O–H groups in total. The summed E-state index contributed by atoms with van der Waals surface area (Å²) in [7, 11) is 3.88. The lowest BCUT2D eigenvalue weighted by Gasteiger charge is -2.22. The van der Waals surface area contributed by atoms with Crippen molar-refractivity contribution < 1.29 is 4.79 Å². The average molecular weight is 244 g/mol. The fourth-order valence-electron chi connectivity index (χ4n) is 1.37. The number of allylic oxidation sites excluding steroid dienone is 2. The van der Waals surface area contributed by atoms with Crippen molar-refractivity contribution in [1.82, 2.24) is 4.90 Å². The van der Waals surface area contributed by atoms with Gasteiger partial charge in [0, 0.05) is 20.2 Å². The minimum atomic E-state index is -0.0518. The molecule has 1 aliphatic rings. The van der Waals surface area contributed by atoms with Crippen molar-refractivity contribution in [1.29, 1.82) is 0 Å². The Hall–Kier alpha value is -0.700. The summed E-state index contributed by atoms with van der Waals surface area (Å²) < 4.78 is 0. The molecule has 0 saturated heterocycles. The summed E-state index contributed by atoms with van der Waals surface area (Å²) in [5.74, 6) is 0.925. The quantitative estimate of drug-likeness (QED) is 0.564. The van der Waals surface area contributed by atoms with E-state index in [4.69, 9.17) is 17.1 Å². The van der Waals surface area contributed by atoms with E-state index in [1.165, 1.54) is 0 Å². The lowest BCUT2D eigenvalue weighted by Crippen LogP contribution is -2.25. The van der Waals surface area contributed by atoms with Crippen LogP contribution >= 0.6 is 23.4 Å². The Morgan fingerprint density at radius 2 is 2.20 bits per heavy atom. The van der Waals surface area contributed by atoms with Crippen LogP contribution in [0.4, 0.5) is 0 Å². The largest absolute Gasteiger partial charge is 0.377 e. The molecule has 0 aromatic carbocycles. The fourth-order valence-corrected chi connectivity index (χ4v) is 2.80. The molecule has 1 rings (SSSR count). The summed E-state index contributed by atoms with van der Waals surface area (Å²) in [6, 6.07) is 0. The maximum Gasteiger partial charge on any atom is 0.310 e. The van der Waals surface area contributed by atoms with Gasteiger partial charge in [0.25, 0.3) is 0 Å². The van der Waals surface area contributed by atoms with Crippen LogP contribution in [0.5, 0.6) is 0 Å². The lowest BCUT2D eigenvalue weighted by atomic mass is 10.1. The predicted molar refractivity (Wildman–Crippen MR) is 66.3 cm³/mol. The average Bonchev–Trinajstić information content (AvgIpc) is 2.20. The molecule has 0 aliphatic heterocycles. The Morgan fingerprint density at radius 1 is 1.53 bits per heavy atom. The Morgan fingerprint density at radius 3 is 2.67 bits per heavy atom. The minimum Gasteiger partial charge on any atom is -0.377 e. The second-order valence-electron chi connectivity index (χ2n) is 3.32. The van der Waals surface area contributed by atoms with Crippen LogP contribution in [0, 0.1) is 0 Å². The smallest absolute Gasteiger partial charge is 0.310 e. The Bertz CT molecular complexity index is 354. The van der Waals surface area contributed by atoms with Crippen LogP contribution in [0.15, 0.2) is 22.9 Å². The zero-order chi connectivity index (χ0) is 11.4. The number of thioether (sulfide) groups is 1. The first kappa shape index (κ1) is 12.4. The Kier molecular flexibility index (Phi) is 4.45. The highest BCUT2D eigenvalue weighted by atomic mass is 35.5. The molecule has 0 fully saturated rings. The topological polar surface area (TPSA) is 39.6 Å². The molecule has 1 aliphatic carbocycles. The van der Waals surface area contributed by atoms with E-state index in [1.807, 2.05) is 25.1 Å². The third-order valence-electron chi connectivity index (χ3n) is 2.09. The Labute approximate surface area is 99.4 Å². The molecule has 0 amide bonds. The van der Waals surface area contributed by atoms with Gasteiger partial charge in [-0.2, -0.15) is 4.79 Å². The van der Waals surface area contributed by atoms with E-state index >= 15 is 0 Å². The van der Waals surface area contributed by atoms with E-state index in [9.17, 15) is 0 Å². The van der Waals surface area contributed by atoms with Crippen molar-refractivity contribution in [3.8, 4) is 0 Å². The lowest BCUT2D eigenvalue weighted by molar-refractivity contribution is -0.00509. The van der Waals surface area contributed by atoms with Crippen LogP contribution in [-0.4, -0.2) is 40.5 Å². The second kappa shape index (κ2) is 5.40. The number of rotatable bonds is 3. The number of hydrogen-bond acceptors (Lipinski definition) is 2. The van der Waals surface area contributed by atoms with Gasteiger partial charge >= 0.3 is 5.71 Å². The fraction of sp³-hybridized carbons (Fsp3) is 0.500. The van der Waals surface area contributed by atoms with Crippen molar-refractivity contribution in [3.63, 3.8) is 0 Å². The van der Waals surface area contributed by atoms with Gasteiger partial charge in [0.1, 0.15) is 5.25 Å². The molecule has 1 unspecified atom stereocenters. The number of halogens is 1. The molecule has 5 heteroatoms. The van der Waals surface area contributed by atoms with E-state index in [2.05, 4.69) is 11.7 Å². The highest BCUT2D eigenvalue weighted by molar-refractivity contribution is 8.00. The number of likely N-dealkylation sites (N-methyl/N-ethyl adjacent to an activating group) is 1. The van der Waals surface area contributed by atoms with Gasteiger partial charge in [-0.1, -0.05) is 18.5 Å². The minimum absolute atomic E-state index is 0.0518. The van der Waals surface area contributed by atoms with Gasteiger partial charge in [-0.15, -0.1) is 11.8 Å². The van der Waals surface area contributed by atoms with Gasteiger partial charge in [0.2, 0.25) is 0 Å². The van der Waals surface area contributed by atoms with Crippen molar-refractivity contribution in [2.75, 3.05) is 19.8 Å². The zero-order valence-electron chi connectivity index (χ0n) is 9.07. The van der Waals surface area contributed by atoms with E-state index in [-0.39, 0.29) is 5.25 Å². The van der Waals surface area contributed by atoms with Gasteiger partial charge in [-0.25, -0.2) is 0 Å². The third-order valence-corrected chi connectivity index (χ3v) is 3.77. The normalized spacial score (nSPS) is 20.5. The predicted octanol–water partition coefficient (Wildman–Crippen LogP) is 2.36. The maximum absolute atomic E-state index is 8.86. The second-order valence-corrected chi connectivity index (χ2v) is 5.11. The first-order valence-electron chi connectivity index (χ1n) is 4.70. The van der Waals surface area contributed by atoms with Crippen molar-refractivity contribution in [2.24, 2.45) is 0 Å².